The van der Waals surface area contributed by atoms with E-state index in [-0.39, 0.29) is 11.9 Å². The summed E-state index contributed by atoms with van der Waals surface area (Å²) in [7, 11) is 1.92. The molecule has 1 aromatic rings. The second-order valence-corrected chi connectivity index (χ2v) is 6.09. The highest BCUT2D eigenvalue weighted by atomic mass is 16.3. The van der Waals surface area contributed by atoms with Gasteiger partial charge in [0.25, 0.3) is 0 Å². The third kappa shape index (κ3) is 3.31. The fraction of sp³-hybridized carbons (Fsp3) is 0.562. The summed E-state index contributed by atoms with van der Waals surface area (Å²) in [4.78, 5) is 16.2. The van der Waals surface area contributed by atoms with Gasteiger partial charge in [0.15, 0.2) is 0 Å². The number of aliphatic hydroxyl groups is 1. The summed E-state index contributed by atoms with van der Waals surface area (Å²) in [5.74, 6) is 0.0842. The van der Waals surface area contributed by atoms with Crippen LogP contribution in [-0.2, 0) is 4.79 Å². The van der Waals surface area contributed by atoms with Crippen LogP contribution >= 0.6 is 0 Å². The smallest absolute Gasteiger partial charge is 0.242 e. The standard InChI is InChI=1S/C16H24N2O2/c1-16(2,20)14-10-7-11-18(14)15(19)12-17(3)13-8-5-4-6-9-13/h4-6,8-9,14,20H,7,10-12H2,1-3H3. The number of anilines is 1. The van der Waals surface area contributed by atoms with E-state index in [4.69, 9.17) is 0 Å². The van der Waals surface area contributed by atoms with Crippen molar-refractivity contribution < 1.29 is 9.90 Å². The maximum atomic E-state index is 12.5. The topological polar surface area (TPSA) is 43.8 Å². The van der Waals surface area contributed by atoms with Crippen LogP contribution in [-0.4, -0.2) is 47.7 Å². The molecule has 1 heterocycles. The Morgan fingerprint density at radius 3 is 2.65 bits per heavy atom. The molecule has 1 amide bonds. The molecule has 4 nitrogen and oxygen atoms in total. The first-order chi connectivity index (χ1) is 9.39. The van der Waals surface area contributed by atoms with Crippen molar-refractivity contribution in [3.63, 3.8) is 0 Å². The van der Waals surface area contributed by atoms with Crippen LogP contribution in [0.2, 0.25) is 0 Å². The van der Waals surface area contributed by atoms with Crippen LogP contribution in [0.15, 0.2) is 30.3 Å². The van der Waals surface area contributed by atoms with Gasteiger partial charge in [-0.1, -0.05) is 18.2 Å². The molecule has 0 aromatic heterocycles. The van der Waals surface area contributed by atoms with Crippen LogP contribution in [0.4, 0.5) is 5.69 Å². The van der Waals surface area contributed by atoms with Crippen LogP contribution in [0.5, 0.6) is 0 Å². The molecule has 1 unspecified atom stereocenters. The molecular formula is C16H24N2O2. The number of carbonyl (C=O) groups excluding carboxylic acids is 1. The number of likely N-dealkylation sites (tertiary alicyclic amines) is 1. The lowest BCUT2D eigenvalue weighted by Gasteiger charge is -2.35. The van der Waals surface area contributed by atoms with Crippen molar-refractivity contribution in [3.8, 4) is 0 Å². The monoisotopic (exact) mass is 276 g/mol. The highest BCUT2D eigenvalue weighted by Crippen LogP contribution is 2.27. The molecule has 110 valence electrons. The Labute approximate surface area is 121 Å². The van der Waals surface area contributed by atoms with E-state index in [0.717, 1.165) is 25.1 Å². The highest BCUT2D eigenvalue weighted by Gasteiger charge is 2.38. The molecule has 2 rings (SSSR count). The summed E-state index contributed by atoms with van der Waals surface area (Å²) in [5, 5.41) is 10.2. The summed E-state index contributed by atoms with van der Waals surface area (Å²) in [6.07, 6.45) is 1.85. The van der Waals surface area contributed by atoms with Gasteiger partial charge in [-0.3, -0.25) is 4.79 Å². The molecule has 1 fully saturated rings. The van der Waals surface area contributed by atoms with Crippen LogP contribution in [0, 0.1) is 0 Å². The fourth-order valence-corrected chi connectivity index (χ4v) is 2.87. The molecule has 0 spiro atoms. The largest absolute Gasteiger partial charge is 0.388 e. The number of hydrogen-bond acceptors (Lipinski definition) is 3. The lowest BCUT2D eigenvalue weighted by Crippen LogP contribution is -2.50. The zero-order valence-electron chi connectivity index (χ0n) is 12.5. The number of carbonyl (C=O) groups is 1. The average Bonchev–Trinajstić information content (AvgIpc) is 2.89. The lowest BCUT2D eigenvalue weighted by molar-refractivity contribution is -0.135. The number of benzene rings is 1. The summed E-state index contributed by atoms with van der Waals surface area (Å²) in [6.45, 7) is 4.65. The van der Waals surface area contributed by atoms with E-state index >= 15 is 0 Å². The SMILES string of the molecule is CN(CC(=O)N1CCCC1C(C)(C)O)c1ccccc1. The van der Waals surface area contributed by atoms with Crippen molar-refractivity contribution >= 4 is 11.6 Å². The second kappa shape index (κ2) is 5.83. The number of rotatable bonds is 4. The predicted molar refractivity (Wildman–Crippen MR) is 80.7 cm³/mol. The predicted octanol–water partition coefficient (Wildman–Crippen LogP) is 1.88. The van der Waals surface area contributed by atoms with Crippen molar-refractivity contribution in [2.45, 2.75) is 38.3 Å². The normalized spacial score (nSPS) is 19.2. The molecule has 0 saturated carbocycles. The maximum Gasteiger partial charge on any atom is 0.242 e. The number of nitrogens with zero attached hydrogens (tertiary/aromatic N) is 2. The van der Waals surface area contributed by atoms with Gasteiger partial charge >= 0.3 is 0 Å². The second-order valence-electron chi connectivity index (χ2n) is 6.09. The van der Waals surface area contributed by atoms with E-state index in [1.165, 1.54) is 0 Å². The van der Waals surface area contributed by atoms with Crippen LogP contribution in [0.25, 0.3) is 0 Å². The first kappa shape index (κ1) is 14.9. The minimum absolute atomic E-state index is 0.0702. The minimum atomic E-state index is -0.836. The van der Waals surface area contributed by atoms with Gasteiger partial charge in [0.1, 0.15) is 0 Å². The van der Waals surface area contributed by atoms with Gasteiger partial charge in [0.05, 0.1) is 18.2 Å². The van der Waals surface area contributed by atoms with E-state index < -0.39 is 5.60 Å². The quantitative estimate of drug-likeness (QED) is 0.913. The molecule has 1 N–H and O–H groups in total. The molecule has 0 aliphatic carbocycles. The molecule has 4 heteroatoms. The first-order valence-electron chi connectivity index (χ1n) is 7.17. The third-order valence-corrected chi connectivity index (χ3v) is 3.96. The zero-order valence-corrected chi connectivity index (χ0v) is 12.5. The van der Waals surface area contributed by atoms with Gasteiger partial charge in [0, 0.05) is 19.3 Å². The molecule has 1 aromatic carbocycles. The van der Waals surface area contributed by atoms with Crippen molar-refractivity contribution in [3.05, 3.63) is 30.3 Å². The summed E-state index contributed by atoms with van der Waals surface area (Å²) >= 11 is 0. The maximum absolute atomic E-state index is 12.5. The van der Waals surface area contributed by atoms with Crippen molar-refractivity contribution in [2.24, 2.45) is 0 Å². The van der Waals surface area contributed by atoms with Crippen molar-refractivity contribution in [2.75, 3.05) is 25.0 Å². The van der Waals surface area contributed by atoms with Crippen LogP contribution in [0.3, 0.4) is 0 Å². The Hall–Kier alpha value is -1.55. The van der Waals surface area contributed by atoms with E-state index in [1.807, 2.05) is 47.2 Å². The third-order valence-electron chi connectivity index (χ3n) is 3.96. The summed E-state index contributed by atoms with van der Waals surface area (Å²) < 4.78 is 0. The average molecular weight is 276 g/mol. The van der Waals surface area contributed by atoms with Gasteiger partial charge in [-0.25, -0.2) is 0 Å². The number of para-hydroxylation sites is 1. The number of hydrogen-bond donors (Lipinski definition) is 1. The van der Waals surface area contributed by atoms with Crippen LogP contribution < -0.4 is 4.90 Å². The Balaban J connectivity index is 2.01. The van der Waals surface area contributed by atoms with Gasteiger partial charge in [-0.15, -0.1) is 0 Å². The van der Waals surface area contributed by atoms with E-state index in [2.05, 4.69) is 0 Å². The molecular weight excluding hydrogens is 252 g/mol. The van der Waals surface area contributed by atoms with Gasteiger partial charge < -0.3 is 14.9 Å². The van der Waals surface area contributed by atoms with E-state index in [9.17, 15) is 9.90 Å². The fourth-order valence-electron chi connectivity index (χ4n) is 2.87. The lowest BCUT2D eigenvalue weighted by atomic mass is 9.96. The molecule has 0 bridgehead atoms. The Morgan fingerprint density at radius 1 is 1.40 bits per heavy atom. The molecule has 0 radical (unpaired) electrons. The van der Waals surface area contributed by atoms with Crippen molar-refractivity contribution in [1.29, 1.82) is 0 Å². The van der Waals surface area contributed by atoms with E-state index in [0.29, 0.717) is 6.54 Å². The Morgan fingerprint density at radius 2 is 2.05 bits per heavy atom. The molecule has 1 saturated heterocycles. The zero-order chi connectivity index (χ0) is 14.8. The molecule has 1 aliphatic heterocycles. The van der Waals surface area contributed by atoms with Crippen LogP contribution in [0.1, 0.15) is 26.7 Å². The van der Waals surface area contributed by atoms with Gasteiger partial charge in [-0.2, -0.15) is 0 Å². The Kier molecular flexibility index (Phi) is 4.33. The number of likely N-dealkylation sites (N-methyl/N-ethyl adjacent to an activating group) is 1. The van der Waals surface area contributed by atoms with E-state index in [1.54, 1.807) is 13.8 Å². The number of amides is 1. The van der Waals surface area contributed by atoms with Gasteiger partial charge in [0.2, 0.25) is 5.91 Å². The highest BCUT2D eigenvalue weighted by molar-refractivity contribution is 5.82. The summed E-state index contributed by atoms with van der Waals surface area (Å²) in [6, 6.07) is 9.80. The summed E-state index contributed by atoms with van der Waals surface area (Å²) in [5.41, 5.74) is 0.192. The molecule has 1 atom stereocenters. The van der Waals surface area contributed by atoms with Gasteiger partial charge in [-0.05, 0) is 38.8 Å². The first-order valence-corrected chi connectivity index (χ1v) is 7.17. The molecule has 20 heavy (non-hydrogen) atoms. The minimum Gasteiger partial charge on any atom is -0.388 e. The van der Waals surface area contributed by atoms with Crippen molar-refractivity contribution in [1.82, 2.24) is 4.90 Å². The molecule has 1 aliphatic rings. The Bertz CT molecular complexity index is 453.